The molecule has 0 atom stereocenters. The van der Waals surface area contributed by atoms with Crippen LogP contribution in [-0.4, -0.2) is 18.2 Å². The van der Waals surface area contributed by atoms with Crippen LogP contribution in [0, 0.1) is 13.8 Å². The molecular weight excluding hydrogens is 308 g/mol. The van der Waals surface area contributed by atoms with E-state index in [1.165, 1.54) is 18.9 Å². The van der Waals surface area contributed by atoms with E-state index in [1.807, 2.05) is 44.2 Å². The summed E-state index contributed by atoms with van der Waals surface area (Å²) in [6.07, 6.45) is 0. The lowest BCUT2D eigenvalue weighted by molar-refractivity contribution is 0.0600. The SMILES string of the molecule is COC(=O)c1ccc(CSC(N)=Nc2c(C)cccc2C)cc1. The van der Waals surface area contributed by atoms with Crippen molar-refractivity contribution in [1.82, 2.24) is 0 Å². The van der Waals surface area contributed by atoms with Crippen LogP contribution in [0.3, 0.4) is 0 Å². The highest BCUT2D eigenvalue weighted by Gasteiger charge is 2.06. The fraction of sp³-hybridized carbons (Fsp3) is 0.222. The number of ether oxygens (including phenoxy) is 1. The van der Waals surface area contributed by atoms with Gasteiger partial charge in [0, 0.05) is 5.75 Å². The Morgan fingerprint density at radius 2 is 1.74 bits per heavy atom. The van der Waals surface area contributed by atoms with Crippen molar-refractivity contribution in [2.75, 3.05) is 7.11 Å². The smallest absolute Gasteiger partial charge is 0.337 e. The quantitative estimate of drug-likeness (QED) is 0.524. The molecular formula is C18H20N2O2S. The molecule has 0 aliphatic carbocycles. The van der Waals surface area contributed by atoms with Crippen molar-refractivity contribution in [2.45, 2.75) is 19.6 Å². The second-order valence-electron chi connectivity index (χ2n) is 5.17. The molecule has 0 saturated heterocycles. The molecule has 0 bridgehead atoms. The number of para-hydroxylation sites is 1. The Bertz CT molecular complexity index is 704. The van der Waals surface area contributed by atoms with Crippen LogP contribution in [0.1, 0.15) is 27.0 Å². The van der Waals surface area contributed by atoms with E-state index in [9.17, 15) is 4.79 Å². The van der Waals surface area contributed by atoms with E-state index in [-0.39, 0.29) is 5.97 Å². The van der Waals surface area contributed by atoms with Crippen LogP contribution in [0.4, 0.5) is 5.69 Å². The van der Waals surface area contributed by atoms with Crippen LogP contribution >= 0.6 is 11.8 Å². The van der Waals surface area contributed by atoms with Crippen molar-refractivity contribution in [3.8, 4) is 0 Å². The molecule has 0 heterocycles. The van der Waals surface area contributed by atoms with Gasteiger partial charge in [-0.15, -0.1) is 0 Å². The number of carbonyl (C=O) groups excluding carboxylic acids is 1. The number of methoxy groups -OCH3 is 1. The standard InChI is InChI=1S/C18H20N2O2S/c1-12-5-4-6-13(2)16(12)20-18(19)23-11-14-7-9-15(10-8-14)17(21)22-3/h4-10H,11H2,1-3H3,(H2,19,20). The van der Waals surface area contributed by atoms with E-state index in [0.29, 0.717) is 16.5 Å². The van der Waals surface area contributed by atoms with Gasteiger partial charge in [0.25, 0.3) is 0 Å². The maximum Gasteiger partial charge on any atom is 0.337 e. The first-order valence-electron chi connectivity index (χ1n) is 7.21. The molecule has 5 heteroatoms. The first kappa shape index (κ1) is 17.1. The second-order valence-corrected chi connectivity index (χ2v) is 6.16. The van der Waals surface area contributed by atoms with Gasteiger partial charge in [-0.1, -0.05) is 42.1 Å². The Labute approximate surface area is 140 Å². The molecule has 2 aromatic carbocycles. The van der Waals surface area contributed by atoms with Crippen LogP contribution < -0.4 is 5.73 Å². The average Bonchev–Trinajstić information content (AvgIpc) is 2.56. The Kier molecular flexibility index (Phi) is 5.82. The van der Waals surface area contributed by atoms with Gasteiger partial charge in [0.2, 0.25) is 0 Å². The van der Waals surface area contributed by atoms with E-state index in [0.717, 1.165) is 22.4 Å². The number of hydrogen-bond acceptors (Lipinski definition) is 4. The van der Waals surface area contributed by atoms with Gasteiger partial charge in [-0.2, -0.15) is 0 Å². The molecule has 0 unspecified atom stereocenters. The minimum absolute atomic E-state index is 0.333. The predicted octanol–water partition coefficient (Wildman–Crippen LogP) is 3.97. The van der Waals surface area contributed by atoms with E-state index in [2.05, 4.69) is 9.73 Å². The number of carbonyl (C=O) groups is 1. The molecule has 4 nitrogen and oxygen atoms in total. The molecule has 120 valence electrons. The summed E-state index contributed by atoms with van der Waals surface area (Å²) in [4.78, 5) is 15.9. The van der Waals surface area contributed by atoms with Crippen LogP contribution in [0.15, 0.2) is 47.5 Å². The van der Waals surface area contributed by atoms with Crippen LogP contribution in [0.5, 0.6) is 0 Å². The van der Waals surface area contributed by atoms with Crippen molar-refractivity contribution in [3.63, 3.8) is 0 Å². The van der Waals surface area contributed by atoms with Crippen LogP contribution in [0.2, 0.25) is 0 Å². The van der Waals surface area contributed by atoms with Gasteiger partial charge in [-0.05, 0) is 42.7 Å². The largest absolute Gasteiger partial charge is 0.465 e. The topological polar surface area (TPSA) is 64.7 Å². The monoisotopic (exact) mass is 328 g/mol. The summed E-state index contributed by atoms with van der Waals surface area (Å²) in [5.41, 5.74) is 10.8. The van der Waals surface area contributed by atoms with Gasteiger partial charge in [0.05, 0.1) is 18.4 Å². The highest BCUT2D eigenvalue weighted by atomic mass is 32.2. The van der Waals surface area contributed by atoms with Crippen LogP contribution in [0.25, 0.3) is 0 Å². The van der Waals surface area contributed by atoms with Crippen molar-refractivity contribution >= 4 is 28.6 Å². The number of aryl methyl sites for hydroxylation is 2. The zero-order chi connectivity index (χ0) is 16.8. The predicted molar refractivity (Wildman–Crippen MR) is 96.3 cm³/mol. The number of benzene rings is 2. The third-order valence-electron chi connectivity index (χ3n) is 3.42. The number of hydrogen-bond donors (Lipinski definition) is 1. The average molecular weight is 328 g/mol. The summed E-state index contributed by atoms with van der Waals surface area (Å²) in [5.74, 6) is 0.363. The van der Waals surface area contributed by atoms with E-state index in [4.69, 9.17) is 5.73 Å². The Balaban J connectivity index is 2.03. The van der Waals surface area contributed by atoms with E-state index < -0.39 is 0 Å². The van der Waals surface area contributed by atoms with E-state index >= 15 is 0 Å². The van der Waals surface area contributed by atoms with Crippen molar-refractivity contribution in [2.24, 2.45) is 10.7 Å². The molecule has 0 aliphatic heterocycles. The highest BCUT2D eigenvalue weighted by molar-refractivity contribution is 8.13. The number of aliphatic imine (C=N–C) groups is 1. The van der Waals surface area contributed by atoms with Gasteiger partial charge < -0.3 is 10.5 Å². The summed E-state index contributed by atoms with van der Waals surface area (Å²) in [7, 11) is 1.37. The molecule has 0 saturated carbocycles. The maximum atomic E-state index is 11.4. The number of rotatable bonds is 4. The fourth-order valence-electron chi connectivity index (χ4n) is 2.14. The normalized spacial score (nSPS) is 11.3. The fourth-order valence-corrected chi connectivity index (χ4v) is 2.80. The number of thioether (sulfide) groups is 1. The molecule has 0 spiro atoms. The molecule has 0 amide bonds. The van der Waals surface area contributed by atoms with Gasteiger partial charge >= 0.3 is 5.97 Å². The van der Waals surface area contributed by atoms with Gasteiger partial charge in [0.15, 0.2) is 5.17 Å². The molecule has 2 aromatic rings. The number of nitrogens with zero attached hydrogens (tertiary/aromatic N) is 1. The molecule has 2 rings (SSSR count). The molecule has 0 radical (unpaired) electrons. The molecule has 0 aliphatic rings. The molecule has 23 heavy (non-hydrogen) atoms. The van der Waals surface area contributed by atoms with Crippen molar-refractivity contribution in [3.05, 3.63) is 64.7 Å². The lowest BCUT2D eigenvalue weighted by Gasteiger charge is -2.06. The van der Waals surface area contributed by atoms with Gasteiger partial charge in [-0.25, -0.2) is 9.79 Å². The first-order valence-corrected chi connectivity index (χ1v) is 8.20. The molecule has 2 N–H and O–H groups in total. The minimum Gasteiger partial charge on any atom is -0.465 e. The lowest BCUT2D eigenvalue weighted by Crippen LogP contribution is -2.07. The summed E-state index contributed by atoms with van der Waals surface area (Å²) in [6.45, 7) is 4.05. The number of esters is 1. The van der Waals surface area contributed by atoms with E-state index in [1.54, 1.807) is 12.1 Å². The van der Waals surface area contributed by atoms with Crippen molar-refractivity contribution < 1.29 is 9.53 Å². The zero-order valence-electron chi connectivity index (χ0n) is 13.5. The Hall–Kier alpha value is -2.27. The summed E-state index contributed by atoms with van der Waals surface area (Å²) < 4.78 is 4.68. The zero-order valence-corrected chi connectivity index (χ0v) is 14.3. The molecule has 0 aromatic heterocycles. The van der Waals surface area contributed by atoms with Crippen LogP contribution in [-0.2, 0) is 10.5 Å². The number of nitrogens with two attached hydrogens (primary N) is 1. The summed E-state index contributed by atoms with van der Waals surface area (Å²) >= 11 is 1.47. The minimum atomic E-state index is -0.333. The summed E-state index contributed by atoms with van der Waals surface area (Å²) in [5, 5.41) is 0.527. The molecule has 0 fully saturated rings. The Morgan fingerprint density at radius 3 is 2.30 bits per heavy atom. The Morgan fingerprint density at radius 1 is 1.13 bits per heavy atom. The third kappa shape index (κ3) is 4.60. The maximum absolute atomic E-state index is 11.4. The number of amidine groups is 1. The highest BCUT2D eigenvalue weighted by Crippen LogP contribution is 2.24. The van der Waals surface area contributed by atoms with Gasteiger partial charge in [-0.3, -0.25) is 0 Å². The first-order chi connectivity index (χ1) is 11.0. The summed E-state index contributed by atoms with van der Waals surface area (Å²) in [6, 6.07) is 13.3. The van der Waals surface area contributed by atoms with Crippen molar-refractivity contribution in [1.29, 1.82) is 0 Å². The lowest BCUT2D eigenvalue weighted by atomic mass is 10.1. The third-order valence-corrected chi connectivity index (χ3v) is 4.29. The van der Waals surface area contributed by atoms with Gasteiger partial charge in [0.1, 0.15) is 0 Å². The second kappa shape index (κ2) is 7.83.